The van der Waals surface area contributed by atoms with Crippen molar-refractivity contribution in [1.82, 2.24) is 19.7 Å². The molecule has 0 radical (unpaired) electrons. The Morgan fingerprint density at radius 3 is 2.65 bits per heavy atom. The lowest BCUT2D eigenvalue weighted by atomic mass is 9.92. The van der Waals surface area contributed by atoms with E-state index in [1.165, 1.54) is 25.9 Å². The van der Waals surface area contributed by atoms with Crippen LogP contribution in [-0.4, -0.2) is 44.8 Å². The Kier molecular flexibility index (Phi) is 4.08. The molecule has 2 aliphatic heterocycles. The largest absolute Gasteiger partial charge is 0.326 e. The van der Waals surface area contributed by atoms with E-state index in [4.69, 9.17) is 5.73 Å². The van der Waals surface area contributed by atoms with E-state index in [-0.39, 0.29) is 6.04 Å². The van der Waals surface area contributed by atoms with Gasteiger partial charge >= 0.3 is 0 Å². The van der Waals surface area contributed by atoms with Gasteiger partial charge < -0.3 is 15.2 Å². The van der Waals surface area contributed by atoms with Crippen LogP contribution < -0.4 is 5.73 Å². The summed E-state index contributed by atoms with van der Waals surface area (Å²) in [6.45, 7) is 7.93. The van der Waals surface area contributed by atoms with E-state index in [2.05, 4.69) is 33.5 Å². The standard InChI is InChI=1S/C15H27N5/c1-11(2)19-7-5-12(6-8-19)9-15-18-17-14-4-3-13(16)10-20(14)15/h11-13H,3-10,16H2,1-2H3. The van der Waals surface area contributed by atoms with Crippen LogP contribution in [-0.2, 0) is 19.4 Å². The highest BCUT2D eigenvalue weighted by atomic mass is 15.3. The summed E-state index contributed by atoms with van der Waals surface area (Å²) in [5, 5.41) is 8.77. The molecule has 20 heavy (non-hydrogen) atoms. The molecule has 1 unspecified atom stereocenters. The van der Waals surface area contributed by atoms with Crippen LogP contribution >= 0.6 is 0 Å². The number of fused-ring (bicyclic) bond motifs is 1. The van der Waals surface area contributed by atoms with Crippen LogP contribution in [0.15, 0.2) is 0 Å². The molecule has 0 amide bonds. The number of rotatable bonds is 3. The quantitative estimate of drug-likeness (QED) is 0.902. The van der Waals surface area contributed by atoms with Crippen LogP contribution in [0, 0.1) is 5.92 Å². The smallest absolute Gasteiger partial charge is 0.133 e. The number of nitrogens with zero attached hydrogens (tertiary/aromatic N) is 4. The highest BCUT2D eigenvalue weighted by Crippen LogP contribution is 2.23. The van der Waals surface area contributed by atoms with E-state index in [0.29, 0.717) is 6.04 Å². The number of hydrogen-bond donors (Lipinski definition) is 1. The van der Waals surface area contributed by atoms with Gasteiger partial charge in [-0.15, -0.1) is 10.2 Å². The molecule has 1 fully saturated rings. The van der Waals surface area contributed by atoms with Crippen LogP contribution in [0.1, 0.15) is 44.8 Å². The number of aryl methyl sites for hydroxylation is 1. The Morgan fingerprint density at radius 1 is 1.20 bits per heavy atom. The fraction of sp³-hybridized carbons (Fsp3) is 0.867. The van der Waals surface area contributed by atoms with Crippen LogP contribution in [0.5, 0.6) is 0 Å². The first-order valence-corrected chi connectivity index (χ1v) is 8.04. The van der Waals surface area contributed by atoms with Crippen molar-refractivity contribution < 1.29 is 0 Å². The minimum absolute atomic E-state index is 0.278. The Labute approximate surface area is 121 Å². The fourth-order valence-corrected chi connectivity index (χ4v) is 3.49. The van der Waals surface area contributed by atoms with E-state index in [1.807, 2.05) is 0 Å². The van der Waals surface area contributed by atoms with Crippen LogP contribution in [0.25, 0.3) is 0 Å². The average Bonchev–Trinajstić information content (AvgIpc) is 2.82. The van der Waals surface area contributed by atoms with E-state index >= 15 is 0 Å². The van der Waals surface area contributed by atoms with Gasteiger partial charge in [-0.05, 0) is 52.1 Å². The Bertz CT molecular complexity index is 445. The Morgan fingerprint density at radius 2 is 1.95 bits per heavy atom. The Hall–Kier alpha value is -0.940. The maximum atomic E-state index is 6.08. The average molecular weight is 277 g/mol. The molecule has 2 N–H and O–H groups in total. The molecule has 1 saturated heterocycles. The van der Waals surface area contributed by atoms with Gasteiger partial charge in [0.1, 0.15) is 11.6 Å². The summed E-state index contributed by atoms with van der Waals surface area (Å²) < 4.78 is 2.28. The molecule has 0 bridgehead atoms. The highest BCUT2D eigenvalue weighted by Gasteiger charge is 2.25. The minimum atomic E-state index is 0.278. The molecule has 3 rings (SSSR count). The van der Waals surface area contributed by atoms with Crippen molar-refractivity contribution in [1.29, 1.82) is 0 Å². The predicted octanol–water partition coefficient (Wildman–Crippen LogP) is 1.21. The summed E-state index contributed by atoms with van der Waals surface area (Å²) >= 11 is 0. The first-order valence-electron chi connectivity index (χ1n) is 8.04. The molecule has 0 spiro atoms. The molecule has 0 aliphatic carbocycles. The Balaban J connectivity index is 1.61. The molecule has 0 aromatic carbocycles. The summed E-state index contributed by atoms with van der Waals surface area (Å²) in [5.41, 5.74) is 6.08. The summed E-state index contributed by atoms with van der Waals surface area (Å²) in [7, 11) is 0. The van der Waals surface area contributed by atoms with Crippen molar-refractivity contribution in [2.75, 3.05) is 13.1 Å². The molecule has 5 nitrogen and oxygen atoms in total. The molecular formula is C15H27N5. The lowest BCUT2D eigenvalue weighted by Crippen LogP contribution is -2.39. The van der Waals surface area contributed by atoms with Gasteiger partial charge in [0.2, 0.25) is 0 Å². The molecule has 1 aromatic heterocycles. The number of aromatic nitrogens is 3. The van der Waals surface area contributed by atoms with E-state index in [0.717, 1.165) is 43.4 Å². The van der Waals surface area contributed by atoms with Crippen molar-refractivity contribution >= 4 is 0 Å². The third kappa shape index (κ3) is 2.88. The highest BCUT2D eigenvalue weighted by molar-refractivity contribution is 5.02. The van der Waals surface area contributed by atoms with Crippen molar-refractivity contribution in [2.45, 2.75) is 64.6 Å². The third-order valence-corrected chi connectivity index (χ3v) is 4.91. The normalized spacial score (nSPS) is 25.1. The summed E-state index contributed by atoms with van der Waals surface area (Å²) in [5.74, 6) is 3.07. The van der Waals surface area contributed by atoms with Crippen LogP contribution in [0.4, 0.5) is 0 Å². The second-order valence-corrected chi connectivity index (χ2v) is 6.72. The van der Waals surface area contributed by atoms with Gasteiger partial charge in [-0.3, -0.25) is 0 Å². The number of likely N-dealkylation sites (tertiary alicyclic amines) is 1. The zero-order valence-electron chi connectivity index (χ0n) is 12.8. The lowest BCUT2D eigenvalue weighted by Gasteiger charge is -2.34. The zero-order valence-corrected chi connectivity index (χ0v) is 12.8. The summed E-state index contributed by atoms with van der Waals surface area (Å²) in [6, 6.07) is 0.954. The molecule has 1 atom stereocenters. The van der Waals surface area contributed by atoms with Gasteiger partial charge in [-0.1, -0.05) is 0 Å². The lowest BCUT2D eigenvalue weighted by molar-refractivity contribution is 0.148. The first-order chi connectivity index (χ1) is 9.63. The van der Waals surface area contributed by atoms with Gasteiger partial charge in [-0.2, -0.15) is 0 Å². The first kappa shape index (κ1) is 14.0. The second kappa shape index (κ2) is 5.82. The van der Waals surface area contributed by atoms with E-state index in [9.17, 15) is 0 Å². The van der Waals surface area contributed by atoms with Gasteiger partial charge in [0.15, 0.2) is 0 Å². The molecule has 1 aromatic rings. The van der Waals surface area contributed by atoms with Crippen molar-refractivity contribution in [3.63, 3.8) is 0 Å². The molecule has 112 valence electrons. The molecular weight excluding hydrogens is 250 g/mol. The number of hydrogen-bond acceptors (Lipinski definition) is 4. The topological polar surface area (TPSA) is 60.0 Å². The number of nitrogens with two attached hydrogens (primary N) is 1. The van der Waals surface area contributed by atoms with Gasteiger partial charge in [-0.25, -0.2) is 0 Å². The number of piperidine rings is 1. The van der Waals surface area contributed by atoms with Crippen molar-refractivity contribution in [3.05, 3.63) is 11.6 Å². The minimum Gasteiger partial charge on any atom is -0.326 e. The zero-order chi connectivity index (χ0) is 14.1. The maximum absolute atomic E-state index is 6.08. The van der Waals surface area contributed by atoms with Gasteiger partial charge in [0.05, 0.1) is 0 Å². The van der Waals surface area contributed by atoms with Gasteiger partial charge in [0.25, 0.3) is 0 Å². The maximum Gasteiger partial charge on any atom is 0.133 e. The third-order valence-electron chi connectivity index (χ3n) is 4.91. The monoisotopic (exact) mass is 277 g/mol. The van der Waals surface area contributed by atoms with E-state index < -0.39 is 0 Å². The predicted molar refractivity (Wildman–Crippen MR) is 79.5 cm³/mol. The van der Waals surface area contributed by atoms with Crippen LogP contribution in [0.3, 0.4) is 0 Å². The fourth-order valence-electron chi connectivity index (χ4n) is 3.49. The summed E-state index contributed by atoms with van der Waals surface area (Å²) in [6.07, 6.45) is 5.68. The molecule has 3 heterocycles. The van der Waals surface area contributed by atoms with E-state index in [1.54, 1.807) is 0 Å². The summed E-state index contributed by atoms with van der Waals surface area (Å²) in [4.78, 5) is 2.58. The molecule has 2 aliphatic rings. The van der Waals surface area contributed by atoms with Crippen LogP contribution in [0.2, 0.25) is 0 Å². The second-order valence-electron chi connectivity index (χ2n) is 6.72. The van der Waals surface area contributed by atoms with Crippen molar-refractivity contribution in [3.8, 4) is 0 Å². The SMILES string of the molecule is CC(C)N1CCC(Cc2nnc3n2CC(N)CC3)CC1. The molecule has 0 saturated carbocycles. The van der Waals surface area contributed by atoms with Crippen molar-refractivity contribution in [2.24, 2.45) is 11.7 Å². The van der Waals surface area contributed by atoms with Gasteiger partial charge in [0, 0.05) is 31.5 Å². The molecule has 5 heteroatoms.